The van der Waals surface area contributed by atoms with E-state index < -0.39 is 5.82 Å². The third-order valence-corrected chi connectivity index (χ3v) is 2.07. The molecule has 1 N–H and O–H groups in total. The number of halogens is 1. The van der Waals surface area contributed by atoms with Crippen LogP contribution in [0.3, 0.4) is 0 Å². The highest BCUT2D eigenvalue weighted by Gasteiger charge is 2.05. The van der Waals surface area contributed by atoms with Crippen molar-refractivity contribution >= 4 is 10.9 Å². The quantitative estimate of drug-likeness (QED) is 0.655. The summed E-state index contributed by atoms with van der Waals surface area (Å²) in [7, 11) is 0. The van der Waals surface area contributed by atoms with Gasteiger partial charge in [-0.15, -0.1) is 0 Å². The van der Waals surface area contributed by atoms with E-state index in [4.69, 9.17) is 0 Å². The summed E-state index contributed by atoms with van der Waals surface area (Å²) in [6.07, 6.45) is 1.45. The first-order valence-electron chi connectivity index (χ1n) is 3.96. The van der Waals surface area contributed by atoms with Crippen molar-refractivity contribution in [2.75, 3.05) is 0 Å². The van der Waals surface area contributed by atoms with Crippen LogP contribution in [-0.4, -0.2) is 4.98 Å². The van der Waals surface area contributed by atoms with E-state index in [1.807, 2.05) is 0 Å². The Balaban J connectivity index is 3.09. The number of aryl methyl sites for hydroxylation is 1. The van der Waals surface area contributed by atoms with E-state index in [1.165, 1.54) is 18.3 Å². The molecule has 0 aliphatic carbocycles. The fourth-order valence-corrected chi connectivity index (χ4v) is 1.42. The number of H-pyrrole nitrogens is 1. The van der Waals surface area contributed by atoms with Crippen LogP contribution in [0.2, 0.25) is 0 Å². The standard InChI is InChI=1S/C10H8FNO/c1-6-2-3-7(11)10-9(6)8(13)4-5-12-10/h2-5H,1H3,(H,12,13). The zero-order chi connectivity index (χ0) is 9.42. The van der Waals surface area contributed by atoms with Crippen molar-refractivity contribution < 1.29 is 4.39 Å². The number of rotatable bonds is 0. The van der Waals surface area contributed by atoms with Gasteiger partial charge < -0.3 is 4.98 Å². The molecule has 0 radical (unpaired) electrons. The summed E-state index contributed by atoms with van der Waals surface area (Å²) >= 11 is 0. The Morgan fingerprint density at radius 3 is 2.77 bits per heavy atom. The third kappa shape index (κ3) is 1.13. The fourth-order valence-electron chi connectivity index (χ4n) is 1.42. The van der Waals surface area contributed by atoms with Crippen LogP contribution in [0.25, 0.3) is 10.9 Å². The number of hydrogen-bond acceptors (Lipinski definition) is 1. The average molecular weight is 177 g/mol. The summed E-state index contributed by atoms with van der Waals surface area (Å²) in [5.74, 6) is -0.390. The molecule has 0 spiro atoms. The number of nitrogens with one attached hydrogen (secondary N) is 1. The lowest BCUT2D eigenvalue weighted by atomic mass is 10.1. The molecule has 0 aliphatic heterocycles. The van der Waals surface area contributed by atoms with Crippen LogP contribution >= 0.6 is 0 Å². The van der Waals surface area contributed by atoms with Gasteiger partial charge in [-0.05, 0) is 18.6 Å². The summed E-state index contributed by atoms with van der Waals surface area (Å²) in [6.45, 7) is 1.79. The number of aromatic amines is 1. The molecule has 0 bridgehead atoms. The average Bonchev–Trinajstić information content (AvgIpc) is 2.12. The van der Waals surface area contributed by atoms with E-state index >= 15 is 0 Å². The van der Waals surface area contributed by atoms with Crippen LogP contribution in [0.5, 0.6) is 0 Å². The van der Waals surface area contributed by atoms with Crippen LogP contribution in [0.15, 0.2) is 29.2 Å². The number of aromatic nitrogens is 1. The number of fused-ring (bicyclic) bond motifs is 1. The largest absolute Gasteiger partial charge is 0.359 e. The van der Waals surface area contributed by atoms with Crippen LogP contribution in [0.1, 0.15) is 5.56 Å². The molecule has 1 aromatic heterocycles. The lowest BCUT2D eigenvalue weighted by molar-refractivity contribution is 0.636. The predicted octanol–water partition coefficient (Wildman–Crippen LogP) is 1.98. The van der Waals surface area contributed by atoms with E-state index in [0.717, 1.165) is 5.56 Å². The Bertz CT molecular complexity index is 516. The highest BCUT2D eigenvalue weighted by Crippen LogP contribution is 2.15. The summed E-state index contributed by atoms with van der Waals surface area (Å²) < 4.78 is 13.2. The topological polar surface area (TPSA) is 32.9 Å². The second-order valence-corrected chi connectivity index (χ2v) is 2.96. The van der Waals surface area contributed by atoms with Crippen molar-refractivity contribution in [3.8, 4) is 0 Å². The lowest BCUT2D eigenvalue weighted by Gasteiger charge is -2.00. The van der Waals surface area contributed by atoms with Crippen LogP contribution in [0.4, 0.5) is 4.39 Å². The summed E-state index contributed by atoms with van der Waals surface area (Å²) in [5.41, 5.74) is 0.927. The Labute approximate surface area is 74.0 Å². The Hall–Kier alpha value is -1.64. The van der Waals surface area contributed by atoms with E-state index in [9.17, 15) is 9.18 Å². The van der Waals surface area contributed by atoms with Gasteiger partial charge in [-0.3, -0.25) is 4.79 Å². The first kappa shape index (κ1) is 7.98. The normalized spacial score (nSPS) is 10.6. The molecule has 0 saturated heterocycles. The molecule has 1 heterocycles. The molecular weight excluding hydrogens is 169 g/mol. The summed E-state index contributed by atoms with van der Waals surface area (Å²) in [4.78, 5) is 14.1. The van der Waals surface area contributed by atoms with Gasteiger partial charge in [-0.25, -0.2) is 4.39 Å². The number of pyridine rings is 1. The molecule has 0 amide bonds. The first-order chi connectivity index (χ1) is 6.20. The van der Waals surface area contributed by atoms with Crippen molar-refractivity contribution in [3.63, 3.8) is 0 Å². The SMILES string of the molecule is Cc1ccc(F)c2[nH]ccc(=O)c12. The smallest absolute Gasteiger partial charge is 0.189 e. The Kier molecular flexibility index (Phi) is 1.65. The monoisotopic (exact) mass is 177 g/mol. The molecule has 1 aromatic carbocycles. The first-order valence-corrected chi connectivity index (χ1v) is 3.96. The fraction of sp³-hybridized carbons (Fsp3) is 0.100. The van der Waals surface area contributed by atoms with Gasteiger partial charge >= 0.3 is 0 Å². The highest BCUT2D eigenvalue weighted by molar-refractivity contribution is 5.82. The molecule has 0 atom stereocenters. The van der Waals surface area contributed by atoms with Gasteiger partial charge in [-0.2, -0.15) is 0 Å². The molecule has 0 unspecified atom stereocenters. The minimum atomic E-state index is -0.390. The van der Waals surface area contributed by atoms with Gasteiger partial charge in [0.05, 0.1) is 10.9 Å². The highest BCUT2D eigenvalue weighted by atomic mass is 19.1. The lowest BCUT2D eigenvalue weighted by Crippen LogP contribution is -2.03. The Morgan fingerprint density at radius 2 is 2.08 bits per heavy atom. The second-order valence-electron chi connectivity index (χ2n) is 2.96. The Morgan fingerprint density at radius 1 is 1.31 bits per heavy atom. The molecule has 66 valence electrons. The van der Waals surface area contributed by atoms with E-state index in [2.05, 4.69) is 4.98 Å². The maximum Gasteiger partial charge on any atom is 0.189 e. The van der Waals surface area contributed by atoms with Gasteiger partial charge in [0.25, 0.3) is 0 Å². The van der Waals surface area contributed by atoms with E-state index in [0.29, 0.717) is 5.39 Å². The number of hydrogen-bond donors (Lipinski definition) is 1. The number of benzene rings is 1. The maximum atomic E-state index is 13.2. The van der Waals surface area contributed by atoms with Crippen molar-refractivity contribution in [2.45, 2.75) is 6.92 Å². The minimum absolute atomic E-state index is 0.147. The van der Waals surface area contributed by atoms with Crippen molar-refractivity contribution in [1.29, 1.82) is 0 Å². The molecule has 2 rings (SSSR count). The van der Waals surface area contributed by atoms with Crippen molar-refractivity contribution in [1.82, 2.24) is 4.98 Å². The van der Waals surface area contributed by atoms with Crippen molar-refractivity contribution in [2.24, 2.45) is 0 Å². The summed E-state index contributed by atoms with van der Waals surface area (Å²) in [6, 6.07) is 4.36. The molecule has 0 aliphatic rings. The van der Waals surface area contributed by atoms with Crippen LogP contribution in [-0.2, 0) is 0 Å². The zero-order valence-electron chi connectivity index (χ0n) is 7.10. The van der Waals surface area contributed by atoms with E-state index in [1.54, 1.807) is 13.0 Å². The van der Waals surface area contributed by atoms with E-state index in [-0.39, 0.29) is 10.9 Å². The predicted molar refractivity (Wildman–Crippen MR) is 49.3 cm³/mol. The van der Waals surface area contributed by atoms with Gasteiger partial charge in [0, 0.05) is 12.3 Å². The summed E-state index contributed by atoms with van der Waals surface area (Å²) in [5, 5.41) is 0.433. The van der Waals surface area contributed by atoms with Crippen LogP contribution in [0, 0.1) is 12.7 Å². The molecule has 0 saturated carbocycles. The second kappa shape index (κ2) is 2.69. The molecule has 13 heavy (non-hydrogen) atoms. The third-order valence-electron chi connectivity index (χ3n) is 2.07. The van der Waals surface area contributed by atoms with Crippen LogP contribution < -0.4 is 5.43 Å². The molecule has 0 fully saturated rings. The van der Waals surface area contributed by atoms with Gasteiger partial charge in [0.15, 0.2) is 5.43 Å². The van der Waals surface area contributed by atoms with Gasteiger partial charge in [-0.1, -0.05) is 6.07 Å². The molecular formula is C10H8FNO. The molecule has 2 aromatic rings. The van der Waals surface area contributed by atoms with Gasteiger partial charge in [0.2, 0.25) is 0 Å². The van der Waals surface area contributed by atoms with Gasteiger partial charge in [0.1, 0.15) is 5.82 Å². The molecule has 2 nitrogen and oxygen atoms in total. The zero-order valence-corrected chi connectivity index (χ0v) is 7.10. The molecule has 3 heteroatoms. The minimum Gasteiger partial charge on any atom is -0.359 e. The maximum absolute atomic E-state index is 13.2. The van der Waals surface area contributed by atoms with Crippen molar-refractivity contribution in [3.05, 3.63) is 46.0 Å².